The lowest BCUT2D eigenvalue weighted by Gasteiger charge is -2.11. The summed E-state index contributed by atoms with van der Waals surface area (Å²) in [6.07, 6.45) is 0. The van der Waals surface area contributed by atoms with Gasteiger partial charge >= 0.3 is 0 Å². The van der Waals surface area contributed by atoms with Gasteiger partial charge in [0.2, 0.25) is 0 Å². The molecule has 32 heavy (non-hydrogen) atoms. The smallest absolute Gasteiger partial charge is 0.169 e. The van der Waals surface area contributed by atoms with E-state index in [0.717, 1.165) is 45.7 Å². The van der Waals surface area contributed by atoms with Crippen LogP contribution in [0.3, 0.4) is 0 Å². The minimum Gasteiger partial charge on any atom is -0.494 e. The highest BCUT2D eigenvalue weighted by Gasteiger charge is 2.11. The monoisotopic (exact) mass is 448 g/mol. The highest BCUT2D eigenvalue weighted by atomic mass is 32.2. The molecule has 0 amide bonds. The van der Waals surface area contributed by atoms with Crippen LogP contribution in [0.5, 0.6) is 17.2 Å². The maximum Gasteiger partial charge on any atom is 0.169 e. The van der Waals surface area contributed by atoms with E-state index in [4.69, 9.17) is 19.2 Å². The van der Waals surface area contributed by atoms with E-state index in [1.54, 1.807) is 11.8 Å². The van der Waals surface area contributed by atoms with Gasteiger partial charge < -0.3 is 18.8 Å². The second-order valence-electron chi connectivity index (χ2n) is 7.30. The zero-order valence-electron chi connectivity index (χ0n) is 18.5. The topological polar surface area (TPSA) is 45.5 Å². The van der Waals surface area contributed by atoms with E-state index in [1.807, 2.05) is 61.5 Å². The summed E-state index contributed by atoms with van der Waals surface area (Å²) in [5.41, 5.74) is 3.34. The molecule has 166 valence electrons. The molecule has 0 fully saturated rings. The number of para-hydroxylation sites is 2. The van der Waals surface area contributed by atoms with E-state index < -0.39 is 0 Å². The highest BCUT2D eigenvalue weighted by Crippen LogP contribution is 2.25. The minimum absolute atomic E-state index is 0.583. The molecular formula is C26H28N2O3S. The van der Waals surface area contributed by atoms with E-state index in [1.165, 1.54) is 5.56 Å². The molecule has 0 aliphatic rings. The Morgan fingerprint density at radius 1 is 0.781 bits per heavy atom. The number of nitrogens with zero attached hydrogens (tertiary/aromatic N) is 2. The molecule has 0 spiro atoms. The standard InChI is InChI=1S/C26H28N2O3S/c1-3-29-21-12-14-23(15-13-21)31-18-19-32-26-27-24-6-4-5-7-25(24)28(26)16-17-30-22-10-8-20(2)9-11-22/h4-15H,3,16-19H2,1-2H3. The summed E-state index contributed by atoms with van der Waals surface area (Å²) < 4.78 is 19.5. The number of aryl methyl sites for hydroxylation is 1. The molecule has 4 aromatic rings. The van der Waals surface area contributed by atoms with Crippen molar-refractivity contribution in [3.63, 3.8) is 0 Å². The van der Waals surface area contributed by atoms with Crippen molar-refractivity contribution in [2.45, 2.75) is 25.5 Å². The van der Waals surface area contributed by atoms with Gasteiger partial charge in [0.05, 0.1) is 30.8 Å². The SMILES string of the molecule is CCOc1ccc(OCCSc2nc3ccccc3n2CCOc2ccc(C)cc2)cc1. The number of ether oxygens (including phenoxy) is 3. The molecule has 0 bridgehead atoms. The highest BCUT2D eigenvalue weighted by molar-refractivity contribution is 7.99. The van der Waals surface area contributed by atoms with Crippen LogP contribution in [-0.4, -0.2) is 35.1 Å². The molecule has 1 aromatic heterocycles. The number of thioether (sulfide) groups is 1. The third kappa shape index (κ3) is 5.77. The normalized spacial score (nSPS) is 10.9. The van der Waals surface area contributed by atoms with Gasteiger partial charge in [-0.25, -0.2) is 4.98 Å². The van der Waals surface area contributed by atoms with Gasteiger partial charge in [-0.05, 0) is 62.4 Å². The summed E-state index contributed by atoms with van der Waals surface area (Å²) in [6.45, 7) is 6.62. The van der Waals surface area contributed by atoms with Crippen molar-refractivity contribution in [3.05, 3.63) is 78.4 Å². The molecule has 6 heteroatoms. The molecule has 1 heterocycles. The van der Waals surface area contributed by atoms with E-state index >= 15 is 0 Å². The zero-order valence-corrected chi connectivity index (χ0v) is 19.3. The number of fused-ring (bicyclic) bond motifs is 1. The molecule has 0 saturated carbocycles. The Morgan fingerprint density at radius 2 is 1.41 bits per heavy atom. The van der Waals surface area contributed by atoms with Crippen LogP contribution in [0.4, 0.5) is 0 Å². The second kappa shape index (κ2) is 11.0. The van der Waals surface area contributed by atoms with Gasteiger partial charge in [-0.3, -0.25) is 0 Å². The first-order valence-corrected chi connectivity index (χ1v) is 11.8. The van der Waals surface area contributed by atoms with Gasteiger partial charge in [0, 0.05) is 5.75 Å². The van der Waals surface area contributed by atoms with Crippen molar-refractivity contribution in [2.24, 2.45) is 0 Å². The Morgan fingerprint density at radius 3 is 2.12 bits per heavy atom. The lowest BCUT2D eigenvalue weighted by Crippen LogP contribution is -2.10. The summed E-state index contributed by atoms with van der Waals surface area (Å²) in [4.78, 5) is 4.82. The molecule has 3 aromatic carbocycles. The van der Waals surface area contributed by atoms with Crippen LogP contribution >= 0.6 is 11.8 Å². The molecule has 0 aliphatic carbocycles. The maximum atomic E-state index is 5.96. The third-order valence-electron chi connectivity index (χ3n) is 4.94. The number of rotatable bonds is 11. The Labute approximate surface area is 193 Å². The van der Waals surface area contributed by atoms with Crippen LogP contribution in [0.1, 0.15) is 12.5 Å². The summed E-state index contributed by atoms with van der Waals surface area (Å²) in [5, 5.41) is 0.981. The number of hydrogen-bond donors (Lipinski definition) is 0. The molecule has 4 rings (SSSR count). The fourth-order valence-electron chi connectivity index (χ4n) is 3.36. The third-order valence-corrected chi connectivity index (χ3v) is 5.88. The lowest BCUT2D eigenvalue weighted by atomic mass is 10.2. The van der Waals surface area contributed by atoms with Crippen LogP contribution in [0, 0.1) is 6.92 Å². The molecule has 0 radical (unpaired) electrons. The summed E-state index contributed by atoms with van der Waals surface area (Å²) in [5.74, 6) is 3.39. The summed E-state index contributed by atoms with van der Waals surface area (Å²) >= 11 is 1.70. The van der Waals surface area contributed by atoms with Crippen molar-refractivity contribution in [3.8, 4) is 17.2 Å². The van der Waals surface area contributed by atoms with E-state index in [2.05, 4.69) is 29.7 Å². The summed E-state index contributed by atoms with van der Waals surface area (Å²) in [6, 6.07) is 24.1. The van der Waals surface area contributed by atoms with Gasteiger partial charge in [-0.15, -0.1) is 0 Å². The van der Waals surface area contributed by atoms with Crippen LogP contribution in [0.25, 0.3) is 11.0 Å². The molecule has 0 saturated heterocycles. The van der Waals surface area contributed by atoms with Crippen LogP contribution in [0.15, 0.2) is 78.0 Å². The Balaban J connectivity index is 1.34. The van der Waals surface area contributed by atoms with E-state index in [9.17, 15) is 0 Å². The van der Waals surface area contributed by atoms with Crippen LogP contribution in [-0.2, 0) is 6.54 Å². The Kier molecular flexibility index (Phi) is 7.56. The van der Waals surface area contributed by atoms with Gasteiger partial charge in [0.25, 0.3) is 0 Å². The first-order chi connectivity index (χ1) is 15.7. The maximum absolute atomic E-state index is 5.96. The molecule has 0 N–H and O–H groups in total. The van der Waals surface area contributed by atoms with Gasteiger partial charge in [-0.1, -0.05) is 41.6 Å². The molecule has 0 aliphatic heterocycles. The van der Waals surface area contributed by atoms with Crippen molar-refractivity contribution in [2.75, 3.05) is 25.6 Å². The largest absolute Gasteiger partial charge is 0.494 e. The first kappa shape index (κ1) is 22.1. The van der Waals surface area contributed by atoms with Crippen molar-refractivity contribution in [1.82, 2.24) is 9.55 Å². The fraction of sp³-hybridized carbons (Fsp3) is 0.269. The molecule has 0 unspecified atom stereocenters. The predicted molar refractivity (Wildman–Crippen MR) is 130 cm³/mol. The average molecular weight is 449 g/mol. The van der Waals surface area contributed by atoms with E-state index in [0.29, 0.717) is 19.8 Å². The molecule has 5 nitrogen and oxygen atoms in total. The second-order valence-corrected chi connectivity index (χ2v) is 8.36. The van der Waals surface area contributed by atoms with Gasteiger partial charge in [0.1, 0.15) is 23.9 Å². The first-order valence-electron chi connectivity index (χ1n) is 10.9. The zero-order chi connectivity index (χ0) is 22.2. The van der Waals surface area contributed by atoms with Gasteiger partial charge in [0.15, 0.2) is 5.16 Å². The number of benzene rings is 3. The molecular weight excluding hydrogens is 420 g/mol. The number of aromatic nitrogens is 2. The number of imidazole rings is 1. The van der Waals surface area contributed by atoms with Crippen molar-refractivity contribution >= 4 is 22.8 Å². The van der Waals surface area contributed by atoms with Crippen LogP contribution in [0.2, 0.25) is 0 Å². The Hall–Kier alpha value is -3.12. The lowest BCUT2D eigenvalue weighted by molar-refractivity contribution is 0.295. The van der Waals surface area contributed by atoms with Gasteiger partial charge in [-0.2, -0.15) is 0 Å². The average Bonchev–Trinajstić information content (AvgIpc) is 3.17. The fourth-order valence-corrected chi connectivity index (χ4v) is 4.22. The minimum atomic E-state index is 0.583. The molecule has 0 atom stereocenters. The predicted octanol–water partition coefficient (Wildman–Crippen LogP) is 5.99. The van der Waals surface area contributed by atoms with E-state index in [-0.39, 0.29) is 0 Å². The van der Waals surface area contributed by atoms with Crippen LogP contribution < -0.4 is 14.2 Å². The Bertz CT molecular complexity index is 1120. The van der Waals surface area contributed by atoms with Crippen molar-refractivity contribution < 1.29 is 14.2 Å². The summed E-state index contributed by atoms with van der Waals surface area (Å²) in [7, 11) is 0. The quantitative estimate of drug-likeness (QED) is 0.208. The number of hydrogen-bond acceptors (Lipinski definition) is 5. The van der Waals surface area contributed by atoms with Crippen molar-refractivity contribution in [1.29, 1.82) is 0 Å².